The Balaban J connectivity index is 1.93. The van der Waals surface area contributed by atoms with Crippen LogP contribution in [0, 0.1) is 40.6 Å². The number of hydrogen-bond donors (Lipinski definition) is 1. The van der Waals surface area contributed by atoms with Crippen LogP contribution in [0.25, 0.3) is 0 Å². The molecule has 1 aromatic rings. The lowest BCUT2D eigenvalue weighted by Gasteiger charge is -2.18. The summed E-state index contributed by atoms with van der Waals surface area (Å²) >= 11 is 0. The molecule has 152 valence electrons. The van der Waals surface area contributed by atoms with E-state index in [-0.39, 0.29) is 36.8 Å². The van der Waals surface area contributed by atoms with E-state index in [2.05, 4.69) is 5.32 Å². The van der Waals surface area contributed by atoms with Crippen LogP contribution in [0.5, 0.6) is 0 Å². The molecule has 9 heteroatoms. The molecule has 0 bridgehead atoms. The molecule has 1 aliphatic rings. The van der Waals surface area contributed by atoms with E-state index < -0.39 is 40.6 Å². The molecule has 0 heterocycles. The maximum absolute atomic E-state index is 13.5. The SMILES string of the molecule is Cc1ccc(NC(=O)[C@H](C)OC(=O)C[C@@H]2C(=O)C[C@@H](C)[C@H]2C[N+](=O)[O-])cc1F. The number of carbonyl (C=O) groups is 3. The molecule has 1 fully saturated rings. The lowest BCUT2D eigenvalue weighted by Crippen LogP contribution is -2.32. The molecule has 0 saturated heterocycles. The number of carbonyl (C=O) groups excluding carboxylic acids is 3. The normalized spacial score (nSPS) is 22.6. The Morgan fingerprint density at radius 3 is 2.71 bits per heavy atom. The average molecular weight is 394 g/mol. The van der Waals surface area contributed by atoms with Crippen LogP contribution in [0.1, 0.15) is 32.3 Å². The molecule has 1 saturated carbocycles. The molecule has 4 atom stereocenters. The summed E-state index contributed by atoms with van der Waals surface area (Å²) in [5, 5.41) is 13.3. The van der Waals surface area contributed by atoms with Gasteiger partial charge in [0.15, 0.2) is 6.10 Å². The van der Waals surface area contributed by atoms with E-state index in [1.807, 2.05) is 0 Å². The maximum Gasteiger partial charge on any atom is 0.307 e. The summed E-state index contributed by atoms with van der Waals surface area (Å²) in [5.41, 5.74) is 0.652. The minimum Gasteiger partial charge on any atom is -0.453 e. The number of nitrogens with one attached hydrogen (secondary N) is 1. The monoisotopic (exact) mass is 394 g/mol. The van der Waals surface area contributed by atoms with Gasteiger partial charge in [0.25, 0.3) is 5.91 Å². The zero-order chi connectivity index (χ0) is 21.0. The second-order valence-electron chi connectivity index (χ2n) is 7.22. The van der Waals surface area contributed by atoms with Gasteiger partial charge in [-0.05, 0) is 37.5 Å². The van der Waals surface area contributed by atoms with Crippen molar-refractivity contribution >= 4 is 23.3 Å². The Morgan fingerprint density at radius 2 is 2.11 bits per heavy atom. The van der Waals surface area contributed by atoms with Gasteiger partial charge in [-0.3, -0.25) is 24.5 Å². The molecule has 0 radical (unpaired) electrons. The van der Waals surface area contributed by atoms with Crippen LogP contribution >= 0.6 is 0 Å². The van der Waals surface area contributed by atoms with Gasteiger partial charge in [0.1, 0.15) is 11.6 Å². The number of ether oxygens (including phenoxy) is 1. The predicted octanol–water partition coefficient (Wildman–Crippen LogP) is 2.51. The minimum atomic E-state index is -1.17. The third kappa shape index (κ3) is 5.34. The second kappa shape index (κ2) is 8.90. The molecule has 1 amide bonds. The van der Waals surface area contributed by atoms with E-state index in [0.29, 0.717) is 5.56 Å². The van der Waals surface area contributed by atoms with E-state index in [0.717, 1.165) is 6.07 Å². The highest BCUT2D eigenvalue weighted by Gasteiger charge is 2.44. The van der Waals surface area contributed by atoms with Gasteiger partial charge in [-0.25, -0.2) is 4.39 Å². The molecule has 28 heavy (non-hydrogen) atoms. The number of rotatable bonds is 7. The van der Waals surface area contributed by atoms with Crippen molar-refractivity contribution in [3.63, 3.8) is 0 Å². The number of hydrogen-bond acceptors (Lipinski definition) is 6. The molecule has 2 rings (SSSR count). The van der Waals surface area contributed by atoms with Crippen LogP contribution in [0.4, 0.5) is 10.1 Å². The Morgan fingerprint density at radius 1 is 1.43 bits per heavy atom. The Labute approximate surface area is 161 Å². The molecule has 0 unspecified atom stereocenters. The van der Waals surface area contributed by atoms with E-state index >= 15 is 0 Å². The second-order valence-corrected chi connectivity index (χ2v) is 7.22. The van der Waals surface area contributed by atoms with Gasteiger partial charge in [0, 0.05) is 28.9 Å². The molecular weight excluding hydrogens is 371 g/mol. The van der Waals surface area contributed by atoms with Gasteiger partial charge >= 0.3 is 5.97 Å². The first-order valence-electron chi connectivity index (χ1n) is 8.99. The summed E-state index contributed by atoms with van der Waals surface area (Å²) in [6, 6.07) is 4.18. The number of nitrogens with zero attached hydrogens (tertiary/aromatic N) is 1. The number of aryl methyl sites for hydroxylation is 1. The predicted molar refractivity (Wildman–Crippen MR) is 97.6 cm³/mol. The quantitative estimate of drug-likeness (QED) is 0.432. The van der Waals surface area contributed by atoms with Crippen molar-refractivity contribution in [2.75, 3.05) is 11.9 Å². The summed E-state index contributed by atoms with van der Waals surface area (Å²) < 4.78 is 18.6. The van der Waals surface area contributed by atoms with E-state index in [4.69, 9.17) is 4.74 Å². The van der Waals surface area contributed by atoms with Crippen molar-refractivity contribution in [1.29, 1.82) is 0 Å². The van der Waals surface area contributed by atoms with Gasteiger partial charge in [-0.1, -0.05) is 13.0 Å². The number of nitro groups is 1. The summed E-state index contributed by atoms with van der Waals surface area (Å²) in [4.78, 5) is 46.7. The molecule has 1 N–H and O–H groups in total. The van der Waals surface area contributed by atoms with Gasteiger partial charge in [-0.15, -0.1) is 0 Å². The van der Waals surface area contributed by atoms with Crippen molar-refractivity contribution in [2.45, 2.75) is 39.7 Å². The van der Waals surface area contributed by atoms with Gasteiger partial charge < -0.3 is 10.1 Å². The highest BCUT2D eigenvalue weighted by molar-refractivity contribution is 5.95. The molecule has 1 aliphatic carbocycles. The number of benzene rings is 1. The van der Waals surface area contributed by atoms with Crippen LogP contribution in [-0.2, 0) is 19.1 Å². The number of ketones is 1. The van der Waals surface area contributed by atoms with Crippen molar-refractivity contribution in [2.24, 2.45) is 17.8 Å². The fraction of sp³-hybridized carbons (Fsp3) is 0.526. The number of halogens is 1. The number of amides is 1. The largest absolute Gasteiger partial charge is 0.453 e. The topological polar surface area (TPSA) is 116 Å². The van der Waals surface area contributed by atoms with Gasteiger partial charge in [0.05, 0.1) is 6.42 Å². The average Bonchev–Trinajstić information content (AvgIpc) is 2.84. The molecule has 8 nitrogen and oxygen atoms in total. The standard InChI is InChI=1S/C19H23FN2O6/c1-10-4-5-13(7-16(10)20)21-19(25)12(3)28-18(24)8-14-15(9-22(26)27)11(2)6-17(14)23/h4-5,7,11-12,14-15H,6,8-9H2,1-3H3,(H,21,25)/t11-,12+,14+,15-/m1/s1. The molecule has 0 aromatic heterocycles. The zero-order valence-electron chi connectivity index (χ0n) is 15.9. The van der Waals surface area contributed by atoms with Crippen molar-refractivity contribution in [3.8, 4) is 0 Å². The molecule has 0 spiro atoms. The number of Topliss-reactive ketones (excluding diaryl/α,β-unsaturated/α-hetero) is 1. The first kappa shape index (κ1) is 21.5. The Kier molecular flexibility index (Phi) is 6.82. The highest BCUT2D eigenvalue weighted by atomic mass is 19.1. The first-order valence-corrected chi connectivity index (χ1v) is 8.99. The summed E-state index contributed by atoms with van der Waals surface area (Å²) in [5.74, 6) is -3.61. The van der Waals surface area contributed by atoms with Crippen LogP contribution in [0.2, 0.25) is 0 Å². The molecule has 1 aromatic carbocycles. The van der Waals surface area contributed by atoms with E-state index in [1.165, 1.54) is 19.1 Å². The number of anilines is 1. The smallest absolute Gasteiger partial charge is 0.307 e. The van der Waals surface area contributed by atoms with Crippen molar-refractivity contribution in [3.05, 3.63) is 39.7 Å². The van der Waals surface area contributed by atoms with Gasteiger partial charge in [0.2, 0.25) is 6.54 Å². The minimum absolute atomic E-state index is 0.186. The lowest BCUT2D eigenvalue weighted by molar-refractivity contribution is -0.490. The summed E-state index contributed by atoms with van der Waals surface area (Å²) in [6.45, 7) is 4.29. The Hall–Kier alpha value is -2.84. The fourth-order valence-corrected chi connectivity index (χ4v) is 3.39. The van der Waals surface area contributed by atoms with Crippen LogP contribution in [0.15, 0.2) is 18.2 Å². The van der Waals surface area contributed by atoms with Crippen molar-refractivity contribution < 1.29 is 28.4 Å². The van der Waals surface area contributed by atoms with E-state index in [9.17, 15) is 28.9 Å². The molecule has 0 aliphatic heterocycles. The van der Waals surface area contributed by atoms with Crippen LogP contribution in [-0.4, -0.2) is 35.2 Å². The van der Waals surface area contributed by atoms with Crippen LogP contribution in [0.3, 0.4) is 0 Å². The lowest BCUT2D eigenvalue weighted by atomic mass is 9.88. The van der Waals surface area contributed by atoms with E-state index in [1.54, 1.807) is 13.8 Å². The zero-order valence-corrected chi connectivity index (χ0v) is 15.9. The Bertz CT molecular complexity index is 797. The van der Waals surface area contributed by atoms with Crippen LogP contribution < -0.4 is 5.32 Å². The highest BCUT2D eigenvalue weighted by Crippen LogP contribution is 2.36. The number of esters is 1. The fourth-order valence-electron chi connectivity index (χ4n) is 3.39. The summed E-state index contributed by atoms with van der Waals surface area (Å²) in [7, 11) is 0. The third-order valence-corrected chi connectivity index (χ3v) is 5.05. The molecular formula is C19H23FN2O6. The summed E-state index contributed by atoms with van der Waals surface area (Å²) in [6.07, 6.45) is -1.29. The van der Waals surface area contributed by atoms with Gasteiger partial charge in [-0.2, -0.15) is 0 Å². The maximum atomic E-state index is 13.5. The third-order valence-electron chi connectivity index (χ3n) is 5.05. The van der Waals surface area contributed by atoms with Crippen molar-refractivity contribution in [1.82, 2.24) is 0 Å². The first-order chi connectivity index (χ1) is 13.1.